The smallest absolute Gasteiger partial charge is 0.248 e. The number of nitrogens with zero attached hydrogens (tertiary/aromatic N) is 1. The maximum absolute atomic E-state index is 13.3. The van der Waals surface area contributed by atoms with Crippen LogP contribution in [0.5, 0.6) is 0 Å². The molecule has 0 aliphatic heterocycles. The van der Waals surface area contributed by atoms with Crippen molar-refractivity contribution in [2.24, 2.45) is 0 Å². The predicted octanol–water partition coefficient (Wildman–Crippen LogP) is 4.49. The minimum atomic E-state index is -1.67. The van der Waals surface area contributed by atoms with Gasteiger partial charge in [-0.25, -0.2) is 9.37 Å². The maximum atomic E-state index is 13.3. The van der Waals surface area contributed by atoms with E-state index in [2.05, 4.69) is 9.97 Å². The van der Waals surface area contributed by atoms with E-state index in [-0.39, 0.29) is 10.8 Å². The first-order valence-corrected chi connectivity index (χ1v) is 5.73. The molecule has 0 unspecified atom stereocenters. The third kappa shape index (κ3) is 1.97. The molecule has 7 heteroatoms. The second-order valence-electron chi connectivity index (χ2n) is 3.28. The van der Waals surface area contributed by atoms with E-state index in [0.717, 1.165) is 0 Å². The number of aromatic nitrogens is 2. The number of rotatable bonds is 0. The van der Waals surface area contributed by atoms with Crippen LogP contribution in [0.3, 0.4) is 0 Å². The lowest BCUT2D eigenvalue weighted by atomic mass is 10.2. The lowest BCUT2D eigenvalue weighted by Crippen LogP contribution is -2.02. The van der Waals surface area contributed by atoms with E-state index < -0.39 is 9.61 Å². The van der Waals surface area contributed by atoms with Gasteiger partial charge in [-0.15, -0.1) is 0 Å². The lowest BCUT2D eigenvalue weighted by molar-refractivity contribution is 0.629. The van der Waals surface area contributed by atoms with E-state index in [1.807, 2.05) is 0 Å². The van der Waals surface area contributed by atoms with Gasteiger partial charge in [-0.3, -0.25) is 0 Å². The molecule has 1 aromatic carbocycles. The number of imidazole rings is 1. The molecular weight excluding hydrogens is 297 g/mol. The van der Waals surface area contributed by atoms with Crippen molar-refractivity contribution >= 4 is 57.4 Å². The molecular formula is C9H5Cl4FN2. The Hall–Kier alpha value is -0.220. The van der Waals surface area contributed by atoms with Gasteiger partial charge in [0.1, 0.15) is 5.82 Å². The highest BCUT2D eigenvalue weighted by Crippen LogP contribution is 2.38. The van der Waals surface area contributed by atoms with E-state index in [0.29, 0.717) is 16.6 Å². The summed E-state index contributed by atoms with van der Waals surface area (Å²) < 4.78 is 11.7. The van der Waals surface area contributed by atoms with Gasteiger partial charge in [0.15, 0.2) is 5.82 Å². The van der Waals surface area contributed by atoms with Gasteiger partial charge in [0, 0.05) is 6.07 Å². The number of fused-ring (bicyclic) bond motifs is 1. The number of aryl methyl sites for hydroxylation is 1. The Labute approximate surface area is 111 Å². The molecule has 0 amide bonds. The van der Waals surface area contributed by atoms with Crippen molar-refractivity contribution in [3.8, 4) is 0 Å². The number of hydrogen-bond acceptors (Lipinski definition) is 1. The summed E-state index contributed by atoms with van der Waals surface area (Å²) in [4.78, 5) is 6.82. The summed E-state index contributed by atoms with van der Waals surface area (Å²) in [7, 11) is 0. The molecule has 2 aromatic rings. The lowest BCUT2D eigenvalue weighted by Gasteiger charge is -2.04. The van der Waals surface area contributed by atoms with Gasteiger partial charge in [-0.1, -0.05) is 46.4 Å². The van der Waals surface area contributed by atoms with Crippen LogP contribution in [-0.2, 0) is 3.79 Å². The van der Waals surface area contributed by atoms with Crippen LogP contribution >= 0.6 is 46.4 Å². The Morgan fingerprint density at radius 1 is 1.38 bits per heavy atom. The fourth-order valence-electron chi connectivity index (χ4n) is 1.38. The number of benzene rings is 1. The van der Waals surface area contributed by atoms with Gasteiger partial charge in [0.2, 0.25) is 3.79 Å². The van der Waals surface area contributed by atoms with Crippen molar-refractivity contribution in [2.75, 3.05) is 0 Å². The van der Waals surface area contributed by atoms with Gasteiger partial charge in [0.25, 0.3) is 0 Å². The van der Waals surface area contributed by atoms with Crippen molar-refractivity contribution < 1.29 is 4.39 Å². The summed E-state index contributed by atoms with van der Waals surface area (Å²) >= 11 is 22.8. The summed E-state index contributed by atoms with van der Waals surface area (Å²) in [6, 6.07) is 1.22. The molecule has 0 saturated heterocycles. The third-order valence-electron chi connectivity index (χ3n) is 2.17. The van der Waals surface area contributed by atoms with Crippen molar-refractivity contribution in [3.63, 3.8) is 0 Å². The highest BCUT2D eigenvalue weighted by atomic mass is 35.6. The van der Waals surface area contributed by atoms with E-state index in [1.165, 1.54) is 6.07 Å². The fraction of sp³-hybridized carbons (Fsp3) is 0.222. The zero-order valence-electron chi connectivity index (χ0n) is 7.91. The van der Waals surface area contributed by atoms with Gasteiger partial charge >= 0.3 is 0 Å². The zero-order valence-corrected chi connectivity index (χ0v) is 10.9. The highest BCUT2D eigenvalue weighted by Gasteiger charge is 2.27. The molecule has 16 heavy (non-hydrogen) atoms. The number of aromatic amines is 1. The van der Waals surface area contributed by atoms with E-state index >= 15 is 0 Å². The Morgan fingerprint density at radius 3 is 2.56 bits per heavy atom. The Kier molecular flexibility index (Phi) is 2.99. The summed E-state index contributed by atoms with van der Waals surface area (Å²) in [5.41, 5.74) is 1.45. The minimum Gasteiger partial charge on any atom is -0.338 e. The van der Waals surface area contributed by atoms with Crippen LogP contribution < -0.4 is 0 Å². The highest BCUT2D eigenvalue weighted by molar-refractivity contribution is 6.66. The average molecular weight is 302 g/mol. The van der Waals surface area contributed by atoms with Gasteiger partial charge < -0.3 is 4.98 Å². The zero-order chi connectivity index (χ0) is 12.1. The van der Waals surface area contributed by atoms with E-state index in [1.54, 1.807) is 6.92 Å². The maximum Gasteiger partial charge on any atom is 0.248 e. The van der Waals surface area contributed by atoms with E-state index in [9.17, 15) is 4.39 Å². The van der Waals surface area contributed by atoms with Crippen LogP contribution in [0, 0.1) is 12.7 Å². The second-order valence-corrected chi connectivity index (χ2v) is 5.94. The van der Waals surface area contributed by atoms with Crippen LogP contribution in [0.1, 0.15) is 11.4 Å². The third-order valence-corrected chi connectivity index (χ3v) is 3.17. The quantitative estimate of drug-likeness (QED) is 0.714. The molecule has 0 bridgehead atoms. The molecule has 0 saturated carbocycles. The Morgan fingerprint density at radius 2 is 2.00 bits per heavy atom. The predicted molar refractivity (Wildman–Crippen MR) is 65.0 cm³/mol. The van der Waals surface area contributed by atoms with Crippen molar-refractivity contribution in [1.82, 2.24) is 9.97 Å². The molecule has 2 rings (SSSR count). The average Bonchev–Trinajstić information content (AvgIpc) is 2.57. The number of halogens is 5. The molecule has 2 nitrogen and oxygen atoms in total. The Bertz CT molecular complexity index is 559. The molecule has 0 aliphatic rings. The number of H-pyrrole nitrogens is 1. The second kappa shape index (κ2) is 3.91. The van der Waals surface area contributed by atoms with Crippen LogP contribution in [0.4, 0.5) is 4.39 Å². The van der Waals surface area contributed by atoms with Crippen LogP contribution in [0.2, 0.25) is 5.02 Å². The molecule has 86 valence electrons. The van der Waals surface area contributed by atoms with Crippen molar-refractivity contribution in [1.29, 1.82) is 0 Å². The molecule has 0 aliphatic carbocycles. The van der Waals surface area contributed by atoms with Crippen LogP contribution in [-0.4, -0.2) is 9.97 Å². The molecule has 0 radical (unpaired) electrons. The largest absolute Gasteiger partial charge is 0.338 e. The monoisotopic (exact) mass is 300 g/mol. The normalized spacial score (nSPS) is 12.4. The number of nitrogens with one attached hydrogen (secondary N) is 1. The number of hydrogen-bond donors (Lipinski definition) is 1. The summed E-state index contributed by atoms with van der Waals surface area (Å²) in [6.45, 7) is 1.65. The van der Waals surface area contributed by atoms with Crippen molar-refractivity contribution in [2.45, 2.75) is 10.7 Å². The SMILES string of the molecule is Cc1c(Cl)c(F)cc2[nH]c(C(Cl)(Cl)Cl)nc12. The molecule has 1 N–H and O–H groups in total. The number of alkyl halides is 3. The minimum absolute atomic E-state index is 0.0230. The molecule has 1 aromatic heterocycles. The van der Waals surface area contributed by atoms with Crippen LogP contribution in [0.15, 0.2) is 6.07 Å². The summed E-state index contributed by atoms with van der Waals surface area (Å²) in [6.07, 6.45) is 0. The molecule has 0 spiro atoms. The molecule has 0 fully saturated rings. The standard InChI is InChI=1S/C9H5Cl4FN2/c1-3-6(10)4(14)2-5-7(3)16-8(15-5)9(11,12)13/h2H,1H3,(H,15,16). The fourth-order valence-corrected chi connectivity index (χ4v) is 1.80. The molecule has 0 atom stereocenters. The van der Waals surface area contributed by atoms with Gasteiger partial charge in [-0.2, -0.15) is 0 Å². The topological polar surface area (TPSA) is 28.7 Å². The first-order chi connectivity index (χ1) is 7.30. The summed E-state index contributed by atoms with van der Waals surface area (Å²) in [5, 5.41) is 0.0230. The van der Waals surface area contributed by atoms with E-state index in [4.69, 9.17) is 46.4 Å². The van der Waals surface area contributed by atoms with Gasteiger partial charge in [-0.05, 0) is 12.5 Å². The molecule has 1 heterocycles. The summed E-state index contributed by atoms with van der Waals surface area (Å²) in [5.74, 6) is -0.400. The van der Waals surface area contributed by atoms with Crippen LogP contribution in [0.25, 0.3) is 11.0 Å². The van der Waals surface area contributed by atoms with Gasteiger partial charge in [0.05, 0.1) is 16.1 Å². The Balaban J connectivity index is 2.77. The first kappa shape index (κ1) is 12.2. The van der Waals surface area contributed by atoms with Crippen molar-refractivity contribution in [3.05, 3.63) is 28.3 Å². The first-order valence-electron chi connectivity index (χ1n) is 4.22.